The SMILES string of the molecule is CC(=O)Nc1ccc(N2C(=O)C(O)=C(C(=O)c3cc4cc(Br)ccc4o3)C2c2ccccc2)cc1. The summed E-state index contributed by atoms with van der Waals surface area (Å²) in [5.74, 6) is -2.10. The Labute approximate surface area is 208 Å². The number of aliphatic hydroxyl groups excluding tert-OH is 1. The Morgan fingerprint density at radius 2 is 1.71 bits per heavy atom. The van der Waals surface area contributed by atoms with Gasteiger partial charge in [-0.25, -0.2) is 0 Å². The number of nitrogens with zero attached hydrogens (tertiary/aromatic N) is 1. The summed E-state index contributed by atoms with van der Waals surface area (Å²) in [5.41, 5.74) is 2.12. The van der Waals surface area contributed by atoms with E-state index < -0.39 is 23.5 Å². The van der Waals surface area contributed by atoms with Crippen molar-refractivity contribution in [2.75, 3.05) is 10.2 Å². The van der Waals surface area contributed by atoms with Crippen LogP contribution in [-0.4, -0.2) is 22.7 Å². The van der Waals surface area contributed by atoms with Gasteiger partial charge in [-0.05, 0) is 54.1 Å². The van der Waals surface area contributed by atoms with Crippen LogP contribution in [0.5, 0.6) is 0 Å². The van der Waals surface area contributed by atoms with Crippen LogP contribution in [0, 0.1) is 0 Å². The van der Waals surface area contributed by atoms with Gasteiger partial charge in [-0.1, -0.05) is 46.3 Å². The van der Waals surface area contributed by atoms with Crippen molar-refractivity contribution in [2.24, 2.45) is 0 Å². The Kier molecular flexibility index (Phi) is 5.74. The molecule has 4 aromatic rings. The van der Waals surface area contributed by atoms with Gasteiger partial charge in [0.2, 0.25) is 11.7 Å². The Morgan fingerprint density at radius 3 is 2.40 bits per heavy atom. The summed E-state index contributed by atoms with van der Waals surface area (Å²) in [5, 5.41) is 14.3. The van der Waals surface area contributed by atoms with E-state index >= 15 is 0 Å². The average Bonchev–Trinajstić information content (AvgIpc) is 3.38. The maximum absolute atomic E-state index is 13.6. The van der Waals surface area contributed by atoms with Crippen molar-refractivity contribution in [1.82, 2.24) is 0 Å². The van der Waals surface area contributed by atoms with Gasteiger partial charge in [0.1, 0.15) is 5.58 Å². The number of furan rings is 1. The summed E-state index contributed by atoms with van der Waals surface area (Å²) < 4.78 is 6.61. The Bertz CT molecular complexity index is 1510. The number of fused-ring (bicyclic) bond motifs is 1. The summed E-state index contributed by atoms with van der Waals surface area (Å²) >= 11 is 3.40. The molecule has 3 aromatic carbocycles. The number of carbonyl (C=O) groups is 3. The fourth-order valence-electron chi connectivity index (χ4n) is 4.22. The van der Waals surface area contributed by atoms with Crippen molar-refractivity contribution in [3.05, 3.63) is 106 Å². The van der Waals surface area contributed by atoms with Crippen molar-refractivity contribution in [3.8, 4) is 0 Å². The highest BCUT2D eigenvalue weighted by Gasteiger charge is 2.45. The predicted molar refractivity (Wildman–Crippen MR) is 135 cm³/mol. The topological polar surface area (TPSA) is 99.9 Å². The molecule has 1 aliphatic heterocycles. The van der Waals surface area contributed by atoms with Crippen LogP contribution in [0.15, 0.2) is 99.1 Å². The normalized spacial score (nSPS) is 15.7. The van der Waals surface area contributed by atoms with Crippen LogP contribution in [0.25, 0.3) is 11.0 Å². The van der Waals surface area contributed by atoms with Crippen molar-refractivity contribution < 1.29 is 23.9 Å². The molecule has 1 unspecified atom stereocenters. The van der Waals surface area contributed by atoms with Crippen LogP contribution >= 0.6 is 15.9 Å². The highest BCUT2D eigenvalue weighted by atomic mass is 79.9. The van der Waals surface area contributed by atoms with Crippen molar-refractivity contribution in [2.45, 2.75) is 13.0 Å². The molecule has 0 spiro atoms. The van der Waals surface area contributed by atoms with E-state index in [1.54, 1.807) is 66.7 Å². The predicted octanol–water partition coefficient (Wildman–Crippen LogP) is 5.94. The molecule has 0 fully saturated rings. The summed E-state index contributed by atoms with van der Waals surface area (Å²) in [6.07, 6.45) is 0. The molecule has 7 nitrogen and oxygen atoms in total. The highest BCUT2D eigenvalue weighted by Crippen LogP contribution is 2.42. The molecule has 5 rings (SSSR count). The van der Waals surface area contributed by atoms with Crippen molar-refractivity contribution in [1.29, 1.82) is 0 Å². The molecule has 0 saturated carbocycles. The number of carbonyl (C=O) groups excluding carboxylic acids is 3. The minimum absolute atomic E-state index is 0.0243. The molecule has 2 amide bonds. The van der Waals surface area contributed by atoms with Gasteiger partial charge in [0, 0.05) is 28.2 Å². The van der Waals surface area contributed by atoms with Gasteiger partial charge in [0.15, 0.2) is 11.5 Å². The smallest absolute Gasteiger partial charge is 0.294 e. The van der Waals surface area contributed by atoms with Gasteiger partial charge in [-0.3, -0.25) is 19.3 Å². The monoisotopic (exact) mass is 530 g/mol. The summed E-state index contributed by atoms with van der Waals surface area (Å²) in [7, 11) is 0. The number of amides is 2. The van der Waals surface area contributed by atoms with E-state index in [0.717, 1.165) is 4.47 Å². The van der Waals surface area contributed by atoms with Crippen molar-refractivity contribution >= 4 is 55.9 Å². The first-order valence-corrected chi connectivity index (χ1v) is 11.6. The lowest BCUT2D eigenvalue weighted by atomic mass is 9.95. The summed E-state index contributed by atoms with van der Waals surface area (Å²) in [6, 6.07) is 21.7. The van der Waals surface area contributed by atoms with E-state index in [9.17, 15) is 19.5 Å². The first-order chi connectivity index (χ1) is 16.8. The molecule has 35 heavy (non-hydrogen) atoms. The standard InChI is InChI=1S/C27H19BrN2O5/c1-15(31)29-19-8-10-20(11-9-19)30-24(16-5-3-2-4-6-16)23(26(33)27(30)34)25(32)22-14-17-13-18(28)7-12-21(17)35-22/h2-14,24,33H,1H3,(H,29,31). The molecule has 1 atom stereocenters. The number of anilines is 2. The third-order valence-corrected chi connectivity index (χ3v) is 6.23. The molecule has 0 radical (unpaired) electrons. The van der Waals surface area contributed by atoms with Crippen LogP contribution < -0.4 is 10.2 Å². The van der Waals surface area contributed by atoms with Crippen LogP contribution in [0.3, 0.4) is 0 Å². The summed E-state index contributed by atoms with van der Waals surface area (Å²) in [4.78, 5) is 39.6. The van der Waals surface area contributed by atoms with E-state index in [0.29, 0.717) is 27.9 Å². The van der Waals surface area contributed by atoms with Gasteiger partial charge < -0.3 is 14.8 Å². The molecule has 0 saturated heterocycles. The molecule has 174 valence electrons. The Morgan fingerprint density at radius 1 is 1.00 bits per heavy atom. The molecule has 0 bridgehead atoms. The molecule has 2 N–H and O–H groups in total. The zero-order valence-electron chi connectivity index (χ0n) is 18.5. The van der Waals surface area contributed by atoms with Crippen LogP contribution in [0.4, 0.5) is 11.4 Å². The second-order valence-corrected chi connectivity index (χ2v) is 9.02. The lowest BCUT2D eigenvalue weighted by molar-refractivity contribution is -0.117. The van der Waals surface area contributed by atoms with E-state index in [1.165, 1.54) is 11.8 Å². The van der Waals surface area contributed by atoms with Gasteiger partial charge in [0.05, 0.1) is 11.6 Å². The lowest BCUT2D eigenvalue weighted by Gasteiger charge is -2.27. The van der Waals surface area contributed by atoms with Gasteiger partial charge in [0.25, 0.3) is 5.91 Å². The number of nitrogens with one attached hydrogen (secondary N) is 1. The minimum Gasteiger partial charge on any atom is -0.503 e. The maximum Gasteiger partial charge on any atom is 0.294 e. The number of aliphatic hydroxyl groups is 1. The largest absolute Gasteiger partial charge is 0.503 e. The summed E-state index contributed by atoms with van der Waals surface area (Å²) in [6.45, 7) is 1.40. The van der Waals surface area contributed by atoms with E-state index in [4.69, 9.17) is 4.42 Å². The molecular weight excluding hydrogens is 512 g/mol. The second kappa shape index (κ2) is 8.88. The van der Waals surface area contributed by atoms with Crippen LogP contribution in [0.2, 0.25) is 0 Å². The fourth-order valence-corrected chi connectivity index (χ4v) is 4.60. The van der Waals surface area contributed by atoms with Gasteiger partial charge >= 0.3 is 0 Å². The number of Topliss-reactive ketones (excluding diaryl/α,β-unsaturated/α-hetero) is 1. The number of rotatable bonds is 5. The molecule has 2 heterocycles. The minimum atomic E-state index is -0.872. The number of hydrogen-bond donors (Lipinski definition) is 2. The van der Waals surface area contributed by atoms with Gasteiger partial charge in [-0.2, -0.15) is 0 Å². The van der Waals surface area contributed by atoms with Crippen LogP contribution in [-0.2, 0) is 9.59 Å². The first-order valence-electron chi connectivity index (χ1n) is 10.8. The zero-order chi connectivity index (χ0) is 24.7. The first kappa shape index (κ1) is 22.6. The number of benzene rings is 3. The number of ketones is 1. The zero-order valence-corrected chi connectivity index (χ0v) is 20.1. The third kappa shape index (κ3) is 4.13. The Balaban J connectivity index is 1.59. The molecular formula is C27H19BrN2O5. The van der Waals surface area contributed by atoms with Crippen molar-refractivity contribution in [3.63, 3.8) is 0 Å². The average molecular weight is 531 g/mol. The molecule has 1 aliphatic rings. The number of halogens is 1. The van der Waals surface area contributed by atoms with E-state index in [1.807, 2.05) is 12.1 Å². The second-order valence-electron chi connectivity index (χ2n) is 8.10. The number of hydrogen-bond acceptors (Lipinski definition) is 5. The van der Waals surface area contributed by atoms with E-state index in [-0.39, 0.29) is 17.2 Å². The van der Waals surface area contributed by atoms with Crippen LogP contribution in [0.1, 0.15) is 29.1 Å². The highest BCUT2D eigenvalue weighted by molar-refractivity contribution is 9.10. The molecule has 0 aliphatic carbocycles. The fraction of sp³-hybridized carbons (Fsp3) is 0.0741. The molecule has 8 heteroatoms. The van der Waals surface area contributed by atoms with E-state index in [2.05, 4.69) is 21.2 Å². The third-order valence-electron chi connectivity index (χ3n) is 5.74. The quantitative estimate of drug-likeness (QED) is 0.311. The molecule has 1 aromatic heterocycles. The van der Waals surface area contributed by atoms with Gasteiger partial charge in [-0.15, -0.1) is 0 Å². The Hall–Kier alpha value is -4.17. The maximum atomic E-state index is 13.6. The lowest BCUT2D eigenvalue weighted by Crippen LogP contribution is -2.31.